The van der Waals surface area contributed by atoms with Gasteiger partial charge in [-0.3, -0.25) is 9.48 Å². The van der Waals surface area contributed by atoms with Crippen molar-refractivity contribution in [2.45, 2.75) is 51.2 Å². The first kappa shape index (κ1) is 25.8. The molecule has 1 fully saturated rings. The SMILES string of the molecule is CCOCCOCCn1cc2ccc(Nc3nc(N[C@@H]4CCCC[C@@H]4N)c(F)cc3C(N)=O)cc2n1. The molecule has 1 aliphatic carbocycles. The average Bonchev–Trinajstić information content (AvgIpc) is 3.26. The third kappa shape index (κ3) is 6.48. The summed E-state index contributed by atoms with van der Waals surface area (Å²) in [7, 11) is 0. The number of nitrogens with one attached hydrogen (secondary N) is 2. The standard InChI is InChI=1S/C25H34FN7O3/c1-2-35-11-12-36-10-9-33-15-16-7-8-17(13-22(16)32-33)29-24-18(23(28)34)14-19(26)25(31-24)30-21-6-4-3-5-20(21)27/h7-8,13-15,20-21H,2-6,9-12,27H2,1H3,(H2,28,34)(H2,29,30,31)/t20-,21+/m0/s1. The van der Waals surface area contributed by atoms with Crippen molar-refractivity contribution in [3.05, 3.63) is 41.8 Å². The molecule has 2 atom stereocenters. The number of aromatic nitrogens is 3. The first-order valence-corrected chi connectivity index (χ1v) is 12.4. The number of primary amides is 1. The lowest BCUT2D eigenvalue weighted by Gasteiger charge is -2.30. The molecule has 10 nitrogen and oxygen atoms in total. The zero-order valence-electron chi connectivity index (χ0n) is 20.5. The summed E-state index contributed by atoms with van der Waals surface area (Å²) in [6.45, 7) is 4.86. The lowest BCUT2D eigenvalue weighted by molar-refractivity contribution is 0.0488. The summed E-state index contributed by atoms with van der Waals surface area (Å²) in [6.07, 6.45) is 5.71. The number of rotatable bonds is 12. The van der Waals surface area contributed by atoms with Crippen LogP contribution in [0.1, 0.15) is 43.0 Å². The Balaban J connectivity index is 1.49. The van der Waals surface area contributed by atoms with Crippen molar-refractivity contribution in [2.75, 3.05) is 37.1 Å². The number of nitrogens with zero attached hydrogens (tertiary/aromatic N) is 3. The molecule has 1 amide bonds. The molecule has 1 aromatic carbocycles. The molecule has 0 saturated heterocycles. The van der Waals surface area contributed by atoms with Crippen molar-refractivity contribution >= 4 is 34.1 Å². The summed E-state index contributed by atoms with van der Waals surface area (Å²) >= 11 is 0. The van der Waals surface area contributed by atoms with Gasteiger partial charge in [0.2, 0.25) is 0 Å². The highest BCUT2D eigenvalue weighted by Gasteiger charge is 2.24. The van der Waals surface area contributed by atoms with E-state index in [9.17, 15) is 9.18 Å². The van der Waals surface area contributed by atoms with Crippen LogP contribution < -0.4 is 22.1 Å². The van der Waals surface area contributed by atoms with E-state index in [0.29, 0.717) is 38.7 Å². The van der Waals surface area contributed by atoms with Gasteiger partial charge < -0.3 is 31.6 Å². The Labute approximate surface area is 209 Å². The van der Waals surface area contributed by atoms with Gasteiger partial charge in [-0.25, -0.2) is 9.37 Å². The number of nitrogens with two attached hydrogens (primary N) is 2. The number of ether oxygens (including phenoxy) is 2. The van der Waals surface area contributed by atoms with Gasteiger partial charge in [-0.05, 0) is 44.0 Å². The maximum Gasteiger partial charge on any atom is 0.252 e. The molecule has 4 rings (SSSR count). The number of amides is 1. The first-order valence-electron chi connectivity index (χ1n) is 12.4. The summed E-state index contributed by atoms with van der Waals surface area (Å²) < 4.78 is 27.4. The van der Waals surface area contributed by atoms with Crippen molar-refractivity contribution in [2.24, 2.45) is 11.5 Å². The molecule has 1 saturated carbocycles. The number of pyridine rings is 1. The minimum absolute atomic E-state index is 0.0409. The molecule has 0 bridgehead atoms. The molecule has 2 aromatic heterocycles. The van der Waals surface area contributed by atoms with E-state index in [0.717, 1.165) is 42.7 Å². The van der Waals surface area contributed by atoms with E-state index in [1.165, 1.54) is 0 Å². The van der Waals surface area contributed by atoms with Crippen molar-refractivity contribution in [3.8, 4) is 0 Å². The fourth-order valence-corrected chi connectivity index (χ4v) is 4.31. The van der Waals surface area contributed by atoms with Crippen LogP contribution in [-0.2, 0) is 16.0 Å². The number of carbonyl (C=O) groups is 1. The largest absolute Gasteiger partial charge is 0.379 e. The lowest BCUT2D eigenvalue weighted by Crippen LogP contribution is -2.43. The monoisotopic (exact) mass is 499 g/mol. The Morgan fingerprint density at radius 2 is 1.97 bits per heavy atom. The normalized spacial score (nSPS) is 17.9. The molecule has 2 heterocycles. The van der Waals surface area contributed by atoms with Crippen molar-refractivity contribution < 1.29 is 18.7 Å². The van der Waals surface area contributed by atoms with Gasteiger partial charge in [-0.15, -0.1) is 0 Å². The molecule has 0 radical (unpaired) electrons. The quantitative estimate of drug-likeness (QED) is 0.278. The highest BCUT2D eigenvalue weighted by atomic mass is 19.1. The third-order valence-electron chi connectivity index (χ3n) is 6.24. The minimum Gasteiger partial charge on any atom is -0.379 e. The summed E-state index contributed by atoms with van der Waals surface area (Å²) in [5.74, 6) is -1.22. The fourth-order valence-electron chi connectivity index (χ4n) is 4.31. The third-order valence-corrected chi connectivity index (χ3v) is 6.24. The van der Waals surface area contributed by atoms with Crippen LogP contribution >= 0.6 is 0 Å². The maximum atomic E-state index is 14.8. The summed E-state index contributed by atoms with van der Waals surface area (Å²) in [5.41, 5.74) is 13.1. The predicted molar refractivity (Wildman–Crippen MR) is 137 cm³/mol. The van der Waals surface area contributed by atoms with Gasteiger partial charge in [0.05, 0.1) is 37.4 Å². The molecule has 194 valence electrons. The van der Waals surface area contributed by atoms with E-state index in [1.54, 1.807) is 0 Å². The van der Waals surface area contributed by atoms with Crippen LogP contribution in [0.3, 0.4) is 0 Å². The highest BCUT2D eigenvalue weighted by Crippen LogP contribution is 2.28. The lowest BCUT2D eigenvalue weighted by atomic mass is 9.91. The van der Waals surface area contributed by atoms with Crippen LogP contribution in [-0.4, -0.2) is 59.2 Å². The van der Waals surface area contributed by atoms with Crippen LogP contribution in [0.5, 0.6) is 0 Å². The van der Waals surface area contributed by atoms with Crippen LogP contribution in [0.2, 0.25) is 0 Å². The van der Waals surface area contributed by atoms with Gasteiger partial charge in [0.25, 0.3) is 5.91 Å². The number of hydrogen-bond acceptors (Lipinski definition) is 8. The van der Waals surface area contributed by atoms with Gasteiger partial charge in [0.1, 0.15) is 5.82 Å². The molecule has 3 aromatic rings. The molecule has 1 aliphatic rings. The van der Waals surface area contributed by atoms with Crippen molar-refractivity contribution in [1.29, 1.82) is 0 Å². The van der Waals surface area contributed by atoms with Crippen LogP contribution in [0.15, 0.2) is 30.5 Å². The first-order chi connectivity index (χ1) is 17.4. The van der Waals surface area contributed by atoms with Gasteiger partial charge in [-0.1, -0.05) is 12.8 Å². The maximum absolute atomic E-state index is 14.8. The predicted octanol–water partition coefficient (Wildman–Crippen LogP) is 3.15. The van der Waals surface area contributed by atoms with E-state index in [4.69, 9.17) is 20.9 Å². The number of fused-ring (bicyclic) bond motifs is 1. The van der Waals surface area contributed by atoms with E-state index in [-0.39, 0.29) is 29.3 Å². The Hall–Kier alpha value is -3.28. The van der Waals surface area contributed by atoms with Crippen LogP contribution in [0, 0.1) is 5.82 Å². The van der Waals surface area contributed by atoms with Crippen LogP contribution in [0.25, 0.3) is 10.9 Å². The number of halogens is 1. The summed E-state index contributed by atoms with van der Waals surface area (Å²) in [6, 6.07) is 6.52. The van der Waals surface area contributed by atoms with E-state index in [2.05, 4.69) is 20.7 Å². The second-order valence-electron chi connectivity index (χ2n) is 8.88. The number of benzene rings is 1. The van der Waals surface area contributed by atoms with Gasteiger partial charge in [-0.2, -0.15) is 5.10 Å². The molecular weight excluding hydrogens is 465 g/mol. The second-order valence-corrected chi connectivity index (χ2v) is 8.88. The number of hydrogen-bond donors (Lipinski definition) is 4. The average molecular weight is 500 g/mol. The fraction of sp³-hybridized carbons (Fsp3) is 0.480. The molecular formula is C25H34FN7O3. The minimum atomic E-state index is -0.778. The van der Waals surface area contributed by atoms with Gasteiger partial charge in [0.15, 0.2) is 11.6 Å². The van der Waals surface area contributed by atoms with Crippen molar-refractivity contribution in [1.82, 2.24) is 14.8 Å². The second kappa shape index (κ2) is 12.1. The molecule has 11 heteroatoms. The van der Waals surface area contributed by atoms with Crippen molar-refractivity contribution in [3.63, 3.8) is 0 Å². The van der Waals surface area contributed by atoms with E-state index in [1.807, 2.05) is 36.0 Å². The highest BCUT2D eigenvalue weighted by molar-refractivity contribution is 5.99. The Bertz CT molecular complexity index is 1190. The summed E-state index contributed by atoms with van der Waals surface area (Å²) in [5, 5.41) is 11.8. The molecule has 36 heavy (non-hydrogen) atoms. The van der Waals surface area contributed by atoms with Crippen LogP contribution in [0.4, 0.5) is 21.7 Å². The Morgan fingerprint density at radius 1 is 1.17 bits per heavy atom. The Kier molecular flexibility index (Phi) is 8.68. The van der Waals surface area contributed by atoms with Gasteiger partial charge >= 0.3 is 0 Å². The molecule has 0 aliphatic heterocycles. The van der Waals surface area contributed by atoms with E-state index < -0.39 is 11.7 Å². The topological polar surface area (TPSA) is 142 Å². The molecule has 0 spiro atoms. The molecule has 6 N–H and O–H groups in total. The zero-order chi connectivity index (χ0) is 25.5. The molecule has 0 unspecified atom stereocenters. The zero-order valence-corrected chi connectivity index (χ0v) is 20.5. The number of anilines is 3. The van der Waals surface area contributed by atoms with E-state index >= 15 is 0 Å². The smallest absolute Gasteiger partial charge is 0.252 e. The Morgan fingerprint density at radius 3 is 2.75 bits per heavy atom. The summed E-state index contributed by atoms with van der Waals surface area (Å²) in [4.78, 5) is 16.4. The van der Waals surface area contributed by atoms with Gasteiger partial charge in [0, 0.05) is 36.0 Å². The number of carbonyl (C=O) groups excluding carboxylic acids is 1.